The van der Waals surface area contributed by atoms with Crippen molar-refractivity contribution in [2.45, 2.75) is 13.0 Å². The maximum atomic E-state index is 13.8. The van der Waals surface area contributed by atoms with Crippen molar-refractivity contribution in [1.29, 1.82) is 0 Å². The highest BCUT2D eigenvalue weighted by molar-refractivity contribution is 7.09. The molecule has 0 aliphatic rings. The lowest BCUT2D eigenvalue weighted by Crippen LogP contribution is -2.05. The summed E-state index contributed by atoms with van der Waals surface area (Å²) in [4.78, 5) is 9.67. The van der Waals surface area contributed by atoms with E-state index < -0.39 is 5.82 Å². The van der Waals surface area contributed by atoms with Gasteiger partial charge >= 0.3 is 0 Å². The van der Waals surface area contributed by atoms with E-state index in [-0.39, 0.29) is 5.75 Å². The second kappa shape index (κ2) is 5.99. The number of halogens is 2. The van der Waals surface area contributed by atoms with Crippen LogP contribution in [0.1, 0.15) is 10.7 Å². The number of aromatic nitrogens is 3. The second-order valence-electron chi connectivity index (χ2n) is 4.50. The van der Waals surface area contributed by atoms with Gasteiger partial charge in [0, 0.05) is 35.5 Å². The van der Waals surface area contributed by atoms with Crippen LogP contribution in [0.2, 0.25) is 0 Å². The van der Waals surface area contributed by atoms with Gasteiger partial charge in [-0.05, 0) is 0 Å². The molecule has 0 unspecified atom stereocenters. The van der Waals surface area contributed by atoms with Crippen molar-refractivity contribution >= 4 is 34.0 Å². The number of rotatable bonds is 5. The summed E-state index contributed by atoms with van der Waals surface area (Å²) in [5.74, 6) is 1.10. The van der Waals surface area contributed by atoms with E-state index in [1.54, 1.807) is 22.9 Å². The lowest BCUT2D eigenvalue weighted by molar-refractivity contribution is 0.387. The van der Waals surface area contributed by atoms with Crippen LogP contribution in [0.15, 0.2) is 23.8 Å². The van der Waals surface area contributed by atoms with Crippen molar-refractivity contribution in [3.05, 3.63) is 40.4 Å². The summed E-state index contributed by atoms with van der Waals surface area (Å²) >= 11 is 7.42. The standard InChI is InChI=1S/C14H13ClFN3OS/c1-20-13-5-12-11(4-10(13)16)18-14(2-3-15)19(12)7-9-6-17-8-21-9/h4-6,8H,2-3,7H2,1H3. The molecule has 3 rings (SSSR count). The minimum absolute atomic E-state index is 0.213. The number of thiazole rings is 1. The summed E-state index contributed by atoms with van der Waals surface area (Å²) in [5.41, 5.74) is 3.23. The van der Waals surface area contributed by atoms with Crippen molar-refractivity contribution in [3.8, 4) is 5.75 Å². The van der Waals surface area contributed by atoms with Crippen LogP contribution in [-0.4, -0.2) is 27.5 Å². The molecule has 4 nitrogen and oxygen atoms in total. The maximum Gasteiger partial charge on any atom is 0.167 e. The molecule has 0 fully saturated rings. The third-order valence-corrected chi connectivity index (χ3v) is 4.17. The lowest BCUT2D eigenvalue weighted by Gasteiger charge is -2.08. The molecule has 0 N–H and O–H groups in total. The molecule has 0 bridgehead atoms. The van der Waals surface area contributed by atoms with Gasteiger partial charge in [-0.1, -0.05) is 0 Å². The molecule has 7 heteroatoms. The van der Waals surface area contributed by atoms with Crippen LogP contribution in [0.25, 0.3) is 11.0 Å². The zero-order valence-corrected chi connectivity index (χ0v) is 12.9. The van der Waals surface area contributed by atoms with Gasteiger partial charge in [-0.25, -0.2) is 9.37 Å². The highest BCUT2D eigenvalue weighted by Gasteiger charge is 2.15. The van der Waals surface area contributed by atoms with Crippen LogP contribution >= 0.6 is 22.9 Å². The zero-order valence-electron chi connectivity index (χ0n) is 11.3. The zero-order chi connectivity index (χ0) is 14.8. The lowest BCUT2D eigenvalue weighted by atomic mass is 10.3. The normalized spacial score (nSPS) is 11.2. The quantitative estimate of drug-likeness (QED) is 0.674. The van der Waals surface area contributed by atoms with Crippen LogP contribution in [0, 0.1) is 5.82 Å². The summed E-state index contributed by atoms with van der Waals surface area (Å²) in [6, 6.07) is 3.07. The number of hydrogen-bond donors (Lipinski definition) is 0. The minimum Gasteiger partial charge on any atom is -0.494 e. The smallest absolute Gasteiger partial charge is 0.167 e. The summed E-state index contributed by atoms with van der Waals surface area (Å²) in [6.45, 7) is 0.641. The van der Waals surface area contributed by atoms with E-state index >= 15 is 0 Å². The van der Waals surface area contributed by atoms with Gasteiger partial charge in [0.05, 0.1) is 30.2 Å². The number of methoxy groups -OCH3 is 1. The Kier molecular flexibility index (Phi) is 4.07. The van der Waals surface area contributed by atoms with Crippen LogP contribution in [0.5, 0.6) is 5.75 Å². The molecule has 0 aliphatic carbocycles. The van der Waals surface area contributed by atoms with E-state index in [0.717, 1.165) is 16.2 Å². The van der Waals surface area contributed by atoms with Gasteiger partial charge < -0.3 is 9.30 Å². The van der Waals surface area contributed by atoms with Crippen LogP contribution in [0.4, 0.5) is 4.39 Å². The first-order chi connectivity index (χ1) is 10.2. The highest BCUT2D eigenvalue weighted by Crippen LogP contribution is 2.27. The Morgan fingerprint density at radius 2 is 2.29 bits per heavy atom. The Morgan fingerprint density at radius 3 is 2.95 bits per heavy atom. The first-order valence-electron chi connectivity index (χ1n) is 6.39. The summed E-state index contributed by atoms with van der Waals surface area (Å²) < 4.78 is 20.9. The van der Waals surface area contributed by atoms with E-state index in [4.69, 9.17) is 16.3 Å². The molecule has 0 saturated carbocycles. The second-order valence-corrected chi connectivity index (χ2v) is 5.85. The number of fused-ring (bicyclic) bond motifs is 1. The Balaban J connectivity index is 2.15. The molecule has 0 saturated heterocycles. The number of imidazole rings is 1. The Bertz CT molecular complexity index is 757. The molecule has 3 aromatic rings. The van der Waals surface area contributed by atoms with Crippen LogP contribution < -0.4 is 4.74 Å². The van der Waals surface area contributed by atoms with Crippen molar-refractivity contribution in [2.24, 2.45) is 0 Å². The molecule has 0 amide bonds. The van der Waals surface area contributed by atoms with E-state index in [0.29, 0.717) is 24.4 Å². The molecule has 110 valence electrons. The summed E-state index contributed by atoms with van der Waals surface area (Å²) in [7, 11) is 1.45. The van der Waals surface area contributed by atoms with Gasteiger partial charge in [0.2, 0.25) is 0 Å². The molecule has 0 aliphatic heterocycles. The number of alkyl halides is 1. The fraction of sp³-hybridized carbons (Fsp3) is 0.286. The summed E-state index contributed by atoms with van der Waals surface area (Å²) in [6.07, 6.45) is 2.45. The van der Waals surface area contributed by atoms with Gasteiger partial charge in [-0.15, -0.1) is 22.9 Å². The van der Waals surface area contributed by atoms with Gasteiger partial charge in [0.25, 0.3) is 0 Å². The first kappa shape index (κ1) is 14.3. The molecule has 0 spiro atoms. The molecular formula is C14H13ClFN3OS. The monoisotopic (exact) mass is 325 g/mol. The molecule has 0 atom stereocenters. The number of nitrogens with zero attached hydrogens (tertiary/aromatic N) is 3. The van der Waals surface area contributed by atoms with E-state index in [1.165, 1.54) is 13.2 Å². The van der Waals surface area contributed by atoms with Crippen molar-refractivity contribution in [2.75, 3.05) is 13.0 Å². The number of hydrogen-bond acceptors (Lipinski definition) is 4. The molecule has 2 aromatic heterocycles. The molecular weight excluding hydrogens is 313 g/mol. The minimum atomic E-state index is -0.412. The van der Waals surface area contributed by atoms with Crippen LogP contribution in [-0.2, 0) is 13.0 Å². The number of benzene rings is 1. The third kappa shape index (κ3) is 2.73. The van der Waals surface area contributed by atoms with Gasteiger partial charge in [-0.2, -0.15) is 0 Å². The van der Waals surface area contributed by atoms with Crippen LogP contribution in [0.3, 0.4) is 0 Å². The predicted octanol–water partition coefficient (Wildman–Crippen LogP) is 3.47. The first-order valence-corrected chi connectivity index (χ1v) is 7.80. The Morgan fingerprint density at radius 1 is 1.43 bits per heavy atom. The Hall–Kier alpha value is -1.66. The van der Waals surface area contributed by atoms with Gasteiger partial charge in [0.1, 0.15) is 5.82 Å². The fourth-order valence-electron chi connectivity index (χ4n) is 2.26. The predicted molar refractivity (Wildman–Crippen MR) is 81.9 cm³/mol. The Labute approximate surface area is 130 Å². The SMILES string of the molecule is COc1cc2c(cc1F)nc(CCCl)n2Cc1cncs1. The third-order valence-electron chi connectivity index (χ3n) is 3.22. The van der Waals surface area contributed by atoms with Crippen molar-refractivity contribution < 1.29 is 9.13 Å². The van der Waals surface area contributed by atoms with Crippen molar-refractivity contribution in [3.63, 3.8) is 0 Å². The maximum absolute atomic E-state index is 13.8. The molecule has 0 radical (unpaired) electrons. The highest BCUT2D eigenvalue weighted by atomic mass is 35.5. The average molecular weight is 326 g/mol. The molecule has 21 heavy (non-hydrogen) atoms. The van der Waals surface area contributed by atoms with Gasteiger partial charge in [0.15, 0.2) is 11.6 Å². The fourth-order valence-corrected chi connectivity index (χ4v) is 3.01. The van der Waals surface area contributed by atoms with Crippen molar-refractivity contribution in [1.82, 2.24) is 14.5 Å². The topological polar surface area (TPSA) is 39.9 Å². The number of ether oxygens (including phenoxy) is 1. The van der Waals surface area contributed by atoms with E-state index in [1.807, 2.05) is 10.8 Å². The number of aryl methyl sites for hydroxylation is 1. The van der Waals surface area contributed by atoms with Gasteiger partial charge in [-0.3, -0.25) is 4.98 Å². The molecule has 1 aromatic carbocycles. The van der Waals surface area contributed by atoms with E-state index in [9.17, 15) is 4.39 Å². The largest absolute Gasteiger partial charge is 0.494 e. The summed E-state index contributed by atoms with van der Waals surface area (Å²) in [5, 5.41) is 0. The molecule has 2 heterocycles. The van der Waals surface area contributed by atoms with E-state index in [2.05, 4.69) is 9.97 Å². The average Bonchev–Trinajstić information content (AvgIpc) is 3.08.